The van der Waals surface area contributed by atoms with Crippen molar-refractivity contribution in [2.75, 3.05) is 31.7 Å². The van der Waals surface area contributed by atoms with Crippen LogP contribution in [0.1, 0.15) is 25.7 Å². The molecule has 0 bridgehead atoms. The van der Waals surface area contributed by atoms with E-state index in [2.05, 4.69) is 5.32 Å². The number of nitrogens with one attached hydrogen (secondary N) is 1. The topological polar surface area (TPSA) is 75.6 Å². The van der Waals surface area contributed by atoms with Crippen LogP contribution in [-0.4, -0.2) is 57.4 Å². The van der Waals surface area contributed by atoms with Gasteiger partial charge >= 0.3 is 0 Å². The lowest BCUT2D eigenvalue weighted by molar-refractivity contribution is -0.00520. The molecule has 0 aromatic carbocycles. The molecule has 0 amide bonds. The van der Waals surface area contributed by atoms with E-state index >= 15 is 0 Å². The maximum Gasteiger partial charge on any atom is 0.148 e. The highest BCUT2D eigenvalue weighted by atomic mass is 32.2. The lowest BCUT2D eigenvalue weighted by Crippen LogP contribution is -2.34. The molecule has 1 unspecified atom stereocenters. The molecule has 1 saturated carbocycles. The second kappa shape index (κ2) is 7.31. The maximum atomic E-state index is 10.8. The van der Waals surface area contributed by atoms with Gasteiger partial charge in [-0.25, -0.2) is 8.42 Å². The van der Waals surface area contributed by atoms with Crippen LogP contribution in [0.15, 0.2) is 0 Å². The Kier molecular flexibility index (Phi) is 6.40. The molecule has 0 radical (unpaired) electrons. The monoisotopic (exact) mass is 265 g/mol. The van der Waals surface area contributed by atoms with Crippen LogP contribution in [0.4, 0.5) is 0 Å². The van der Waals surface area contributed by atoms with Gasteiger partial charge in [0.25, 0.3) is 0 Å². The third-order valence-electron chi connectivity index (χ3n) is 2.86. The summed E-state index contributed by atoms with van der Waals surface area (Å²) >= 11 is 0. The summed E-state index contributed by atoms with van der Waals surface area (Å²) in [5.41, 5.74) is 0. The molecule has 0 aromatic rings. The maximum absolute atomic E-state index is 10.8. The molecular weight excluding hydrogens is 242 g/mol. The number of ether oxygens (including phenoxy) is 1. The van der Waals surface area contributed by atoms with Crippen LogP contribution in [0.25, 0.3) is 0 Å². The van der Waals surface area contributed by atoms with Gasteiger partial charge in [0.05, 0.1) is 24.6 Å². The van der Waals surface area contributed by atoms with E-state index in [4.69, 9.17) is 4.74 Å². The summed E-state index contributed by atoms with van der Waals surface area (Å²) in [5.74, 6) is 0.100. The minimum Gasteiger partial charge on any atom is -0.389 e. The first kappa shape index (κ1) is 14.9. The molecule has 2 N–H and O–H groups in total. The van der Waals surface area contributed by atoms with E-state index in [0.717, 1.165) is 12.8 Å². The SMILES string of the molecule is CS(=O)(=O)CCNCC(O)COC1CCCC1. The van der Waals surface area contributed by atoms with Crippen LogP contribution < -0.4 is 5.32 Å². The quantitative estimate of drug-likeness (QED) is 0.601. The molecule has 0 aromatic heterocycles. The van der Waals surface area contributed by atoms with E-state index in [1.165, 1.54) is 19.1 Å². The third kappa shape index (κ3) is 7.70. The number of rotatable bonds is 8. The largest absolute Gasteiger partial charge is 0.389 e. The van der Waals surface area contributed by atoms with Crippen molar-refractivity contribution < 1.29 is 18.3 Å². The number of hydrogen-bond donors (Lipinski definition) is 2. The Hall–Kier alpha value is -0.170. The smallest absolute Gasteiger partial charge is 0.148 e. The van der Waals surface area contributed by atoms with Crippen molar-refractivity contribution in [2.24, 2.45) is 0 Å². The summed E-state index contributed by atoms with van der Waals surface area (Å²) in [6.07, 6.45) is 5.56. The molecule has 1 aliphatic rings. The molecular formula is C11H23NO4S. The van der Waals surface area contributed by atoms with Gasteiger partial charge in [0, 0.05) is 19.3 Å². The molecule has 5 nitrogen and oxygen atoms in total. The average molecular weight is 265 g/mol. The van der Waals surface area contributed by atoms with Crippen LogP contribution in [0.3, 0.4) is 0 Å². The van der Waals surface area contributed by atoms with E-state index in [1.807, 2.05) is 0 Å². The summed E-state index contributed by atoms with van der Waals surface area (Å²) in [5, 5.41) is 12.5. The summed E-state index contributed by atoms with van der Waals surface area (Å²) in [7, 11) is -2.92. The molecule has 17 heavy (non-hydrogen) atoms. The van der Waals surface area contributed by atoms with Crippen molar-refractivity contribution >= 4 is 9.84 Å². The van der Waals surface area contributed by atoms with E-state index in [1.54, 1.807) is 0 Å². The zero-order chi connectivity index (χ0) is 12.7. The van der Waals surface area contributed by atoms with Gasteiger partial charge < -0.3 is 15.2 Å². The van der Waals surface area contributed by atoms with Gasteiger partial charge in [-0.05, 0) is 12.8 Å². The van der Waals surface area contributed by atoms with E-state index in [9.17, 15) is 13.5 Å². The van der Waals surface area contributed by atoms with Gasteiger partial charge in [-0.1, -0.05) is 12.8 Å². The highest BCUT2D eigenvalue weighted by molar-refractivity contribution is 7.90. The van der Waals surface area contributed by atoms with Crippen LogP contribution in [0.2, 0.25) is 0 Å². The van der Waals surface area contributed by atoms with Gasteiger partial charge in [-0.15, -0.1) is 0 Å². The second-order valence-corrected chi connectivity index (χ2v) is 6.99. The number of aliphatic hydroxyl groups excluding tert-OH is 1. The van der Waals surface area contributed by atoms with Gasteiger partial charge in [-0.2, -0.15) is 0 Å². The number of aliphatic hydroxyl groups is 1. The Balaban J connectivity index is 1.99. The predicted molar refractivity (Wildman–Crippen MR) is 66.8 cm³/mol. The molecule has 0 heterocycles. The first-order chi connectivity index (χ1) is 7.97. The van der Waals surface area contributed by atoms with Gasteiger partial charge in [0.15, 0.2) is 0 Å². The first-order valence-electron chi connectivity index (χ1n) is 6.15. The minimum atomic E-state index is -2.92. The zero-order valence-corrected chi connectivity index (χ0v) is 11.2. The average Bonchev–Trinajstić information content (AvgIpc) is 2.73. The normalized spacial score (nSPS) is 19.6. The van der Waals surface area contributed by atoms with Crippen LogP contribution >= 0.6 is 0 Å². The Morgan fingerprint density at radius 3 is 2.65 bits per heavy atom. The fourth-order valence-corrected chi connectivity index (χ4v) is 2.40. The summed E-state index contributed by atoms with van der Waals surface area (Å²) in [6, 6.07) is 0. The van der Waals surface area contributed by atoms with Gasteiger partial charge in [0.1, 0.15) is 9.84 Å². The first-order valence-corrected chi connectivity index (χ1v) is 8.21. The van der Waals surface area contributed by atoms with E-state index < -0.39 is 15.9 Å². The standard InChI is InChI=1S/C11H23NO4S/c1-17(14,15)7-6-12-8-10(13)9-16-11-4-2-3-5-11/h10-13H,2-9H2,1H3. The molecule has 102 valence electrons. The minimum absolute atomic E-state index is 0.100. The number of sulfone groups is 1. The Morgan fingerprint density at radius 1 is 1.41 bits per heavy atom. The lowest BCUT2D eigenvalue weighted by Gasteiger charge is -2.15. The Bertz CT molecular complexity index is 299. The highest BCUT2D eigenvalue weighted by Crippen LogP contribution is 2.20. The van der Waals surface area contributed by atoms with Crippen LogP contribution in [0.5, 0.6) is 0 Å². The van der Waals surface area contributed by atoms with Crippen molar-refractivity contribution in [3.63, 3.8) is 0 Å². The van der Waals surface area contributed by atoms with E-state index in [-0.39, 0.29) is 5.75 Å². The van der Waals surface area contributed by atoms with Crippen LogP contribution in [0, 0.1) is 0 Å². The van der Waals surface area contributed by atoms with Gasteiger partial charge in [0.2, 0.25) is 0 Å². The Labute approximate surface area is 103 Å². The second-order valence-electron chi connectivity index (χ2n) is 4.73. The molecule has 1 fully saturated rings. The van der Waals surface area contributed by atoms with Crippen LogP contribution in [-0.2, 0) is 14.6 Å². The van der Waals surface area contributed by atoms with Crippen molar-refractivity contribution in [3.05, 3.63) is 0 Å². The molecule has 6 heteroatoms. The summed E-state index contributed by atoms with van der Waals surface area (Å²) in [4.78, 5) is 0. The fraction of sp³-hybridized carbons (Fsp3) is 1.00. The molecule has 0 aliphatic heterocycles. The number of hydrogen-bond acceptors (Lipinski definition) is 5. The van der Waals surface area contributed by atoms with E-state index in [0.29, 0.717) is 25.8 Å². The third-order valence-corrected chi connectivity index (χ3v) is 3.80. The van der Waals surface area contributed by atoms with Crippen molar-refractivity contribution in [3.8, 4) is 0 Å². The van der Waals surface area contributed by atoms with Crippen molar-refractivity contribution in [2.45, 2.75) is 37.9 Å². The van der Waals surface area contributed by atoms with Crippen molar-refractivity contribution in [1.82, 2.24) is 5.32 Å². The highest BCUT2D eigenvalue weighted by Gasteiger charge is 2.16. The molecule has 0 spiro atoms. The lowest BCUT2D eigenvalue weighted by atomic mass is 10.3. The molecule has 1 aliphatic carbocycles. The zero-order valence-electron chi connectivity index (χ0n) is 10.4. The van der Waals surface area contributed by atoms with Crippen molar-refractivity contribution in [1.29, 1.82) is 0 Å². The predicted octanol–water partition coefficient (Wildman–Crippen LogP) is -0.0593. The Morgan fingerprint density at radius 2 is 2.06 bits per heavy atom. The summed E-state index contributed by atoms with van der Waals surface area (Å²) in [6.45, 7) is 1.08. The molecule has 1 rings (SSSR count). The fourth-order valence-electron chi connectivity index (χ4n) is 1.89. The van der Waals surface area contributed by atoms with Gasteiger partial charge in [-0.3, -0.25) is 0 Å². The molecule has 1 atom stereocenters. The summed E-state index contributed by atoms with van der Waals surface area (Å²) < 4.78 is 27.3. The molecule has 0 saturated heterocycles.